The van der Waals surface area contributed by atoms with Crippen LogP contribution in [0.5, 0.6) is 0 Å². The summed E-state index contributed by atoms with van der Waals surface area (Å²) in [5.41, 5.74) is 8.00. The van der Waals surface area contributed by atoms with E-state index in [0.717, 1.165) is 0 Å². The van der Waals surface area contributed by atoms with E-state index in [1.165, 1.54) is 0 Å². The predicted octanol–water partition coefficient (Wildman–Crippen LogP) is 0.835. The molecule has 1 fully saturated rings. The summed E-state index contributed by atoms with van der Waals surface area (Å²) in [5.74, 6) is 0. The first kappa shape index (κ1) is 8.33. The van der Waals surface area contributed by atoms with Crippen LogP contribution in [0.3, 0.4) is 0 Å². The highest BCUT2D eigenvalue weighted by molar-refractivity contribution is 4.81. The first-order valence-electron chi connectivity index (χ1n) is 3.58. The van der Waals surface area contributed by atoms with Gasteiger partial charge in [-0.25, -0.2) is 0 Å². The lowest BCUT2D eigenvalue weighted by Gasteiger charge is -2.09. The SMILES string of the molecule is CC1CC(O)[C@@H](CN=[N+]=[N-])O1. The Hall–Kier alpha value is -0.770. The smallest absolute Gasteiger partial charge is 0.0894 e. The summed E-state index contributed by atoms with van der Waals surface area (Å²) in [4.78, 5) is 2.59. The Bertz CT molecular complexity index is 179. The van der Waals surface area contributed by atoms with E-state index in [1.54, 1.807) is 0 Å². The van der Waals surface area contributed by atoms with E-state index < -0.39 is 6.10 Å². The monoisotopic (exact) mass is 157 g/mol. The molecule has 1 heterocycles. The Morgan fingerprint density at radius 2 is 2.55 bits per heavy atom. The molecule has 3 atom stereocenters. The van der Waals surface area contributed by atoms with Crippen LogP contribution in [0.25, 0.3) is 10.4 Å². The van der Waals surface area contributed by atoms with Crippen LogP contribution in [0.15, 0.2) is 5.11 Å². The van der Waals surface area contributed by atoms with Crippen LogP contribution in [0, 0.1) is 0 Å². The third kappa shape index (κ3) is 2.08. The quantitative estimate of drug-likeness (QED) is 0.366. The van der Waals surface area contributed by atoms with E-state index in [2.05, 4.69) is 10.0 Å². The van der Waals surface area contributed by atoms with Gasteiger partial charge < -0.3 is 9.84 Å². The molecule has 0 radical (unpaired) electrons. The zero-order valence-corrected chi connectivity index (χ0v) is 6.34. The number of aliphatic hydroxyl groups is 1. The van der Waals surface area contributed by atoms with Gasteiger partial charge in [-0.1, -0.05) is 5.11 Å². The van der Waals surface area contributed by atoms with Crippen LogP contribution in [0.2, 0.25) is 0 Å². The van der Waals surface area contributed by atoms with E-state index in [1.807, 2.05) is 6.92 Å². The molecule has 0 aliphatic carbocycles. The number of rotatable bonds is 2. The first-order valence-corrected chi connectivity index (χ1v) is 3.58. The predicted molar refractivity (Wildman–Crippen MR) is 39.0 cm³/mol. The molecule has 2 unspecified atom stereocenters. The second-order valence-corrected chi connectivity index (χ2v) is 2.70. The standard InChI is InChI=1S/C6H11N3O2/c1-4-2-5(10)6(11-4)3-8-9-7/h4-6,10H,2-3H2,1H3/t4?,5?,6-/m1/s1. The van der Waals surface area contributed by atoms with E-state index >= 15 is 0 Å². The molecule has 0 aromatic carbocycles. The Morgan fingerprint density at radius 3 is 3.00 bits per heavy atom. The summed E-state index contributed by atoms with van der Waals surface area (Å²) in [5, 5.41) is 12.6. The van der Waals surface area contributed by atoms with Crippen molar-refractivity contribution in [1.82, 2.24) is 0 Å². The number of ether oxygens (including phenoxy) is 1. The molecule has 0 amide bonds. The number of aliphatic hydroxyl groups excluding tert-OH is 1. The highest BCUT2D eigenvalue weighted by Crippen LogP contribution is 2.19. The molecule has 5 nitrogen and oxygen atoms in total. The largest absolute Gasteiger partial charge is 0.390 e. The zero-order valence-electron chi connectivity index (χ0n) is 6.34. The molecule has 0 bridgehead atoms. The maximum atomic E-state index is 9.28. The van der Waals surface area contributed by atoms with Gasteiger partial charge in [0.1, 0.15) is 0 Å². The number of azide groups is 1. The number of hydrogen-bond donors (Lipinski definition) is 1. The van der Waals surface area contributed by atoms with Gasteiger partial charge in [-0.3, -0.25) is 0 Å². The normalized spacial score (nSPS) is 36.7. The minimum absolute atomic E-state index is 0.0730. The van der Waals surface area contributed by atoms with Gasteiger partial charge in [-0.2, -0.15) is 0 Å². The zero-order chi connectivity index (χ0) is 8.27. The van der Waals surface area contributed by atoms with Crippen LogP contribution < -0.4 is 0 Å². The van der Waals surface area contributed by atoms with Crippen molar-refractivity contribution in [3.63, 3.8) is 0 Å². The fraction of sp³-hybridized carbons (Fsp3) is 1.00. The van der Waals surface area contributed by atoms with Crippen molar-refractivity contribution >= 4 is 0 Å². The Kier molecular flexibility index (Phi) is 2.70. The summed E-state index contributed by atoms with van der Waals surface area (Å²) in [6, 6.07) is 0. The summed E-state index contributed by atoms with van der Waals surface area (Å²) < 4.78 is 5.26. The van der Waals surface area contributed by atoms with Crippen molar-refractivity contribution in [2.75, 3.05) is 6.54 Å². The van der Waals surface area contributed by atoms with Gasteiger partial charge >= 0.3 is 0 Å². The van der Waals surface area contributed by atoms with Gasteiger partial charge in [0.05, 0.1) is 24.9 Å². The summed E-state index contributed by atoms with van der Waals surface area (Å²) in [7, 11) is 0. The van der Waals surface area contributed by atoms with Crippen LogP contribution >= 0.6 is 0 Å². The second-order valence-electron chi connectivity index (χ2n) is 2.70. The molecular weight excluding hydrogens is 146 g/mol. The molecule has 1 aliphatic rings. The minimum Gasteiger partial charge on any atom is -0.390 e. The summed E-state index contributed by atoms with van der Waals surface area (Å²) in [6.07, 6.45) is -0.0775. The third-order valence-electron chi connectivity index (χ3n) is 1.73. The maximum absolute atomic E-state index is 9.28. The average Bonchev–Trinajstić information content (AvgIpc) is 2.26. The molecule has 0 spiro atoms. The van der Waals surface area contributed by atoms with Crippen LogP contribution in [-0.4, -0.2) is 30.0 Å². The van der Waals surface area contributed by atoms with Crippen molar-refractivity contribution in [3.8, 4) is 0 Å². The lowest BCUT2D eigenvalue weighted by molar-refractivity contribution is 0.0224. The van der Waals surface area contributed by atoms with E-state index in [-0.39, 0.29) is 18.8 Å². The minimum atomic E-state index is -0.476. The molecule has 5 heteroatoms. The van der Waals surface area contributed by atoms with E-state index in [9.17, 15) is 5.11 Å². The summed E-state index contributed by atoms with van der Waals surface area (Å²) >= 11 is 0. The van der Waals surface area contributed by atoms with Crippen molar-refractivity contribution < 1.29 is 9.84 Å². The molecule has 1 rings (SSSR count). The average molecular weight is 157 g/mol. The first-order chi connectivity index (χ1) is 5.24. The van der Waals surface area contributed by atoms with Crippen molar-refractivity contribution in [2.45, 2.75) is 31.7 Å². The Labute approximate surface area is 64.6 Å². The lowest BCUT2D eigenvalue weighted by Crippen LogP contribution is -2.23. The molecule has 11 heavy (non-hydrogen) atoms. The molecule has 0 aromatic rings. The van der Waals surface area contributed by atoms with Gasteiger partial charge in [0.2, 0.25) is 0 Å². The fourth-order valence-electron chi connectivity index (χ4n) is 1.22. The lowest BCUT2D eigenvalue weighted by atomic mass is 10.1. The summed E-state index contributed by atoms with van der Waals surface area (Å²) in [6.45, 7) is 2.11. The second kappa shape index (κ2) is 3.57. The van der Waals surface area contributed by atoms with Crippen molar-refractivity contribution in [1.29, 1.82) is 0 Å². The van der Waals surface area contributed by atoms with Gasteiger partial charge in [-0.15, -0.1) is 0 Å². The topological polar surface area (TPSA) is 78.2 Å². The maximum Gasteiger partial charge on any atom is 0.0894 e. The molecular formula is C6H11N3O2. The molecule has 1 N–H and O–H groups in total. The van der Waals surface area contributed by atoms with Crippen molar-refractivity contribution in [3.05, 3.63) is 10.4 Å². The molecule has 1 aliphatic heterocycles. The highest BCUT2D eigenvalue weighted by atomic mass is 16.5. The molecule has 0 saturated carbocycles. The third-order valence-corrected chi connectivity index (χ3v) is 1.73. The van der Waals surface area contributed by atoms with Gasteiger partial charge in [0.25, 0.3) is 0 Å². The molecule has 0 aromatic heterocycles. The van der Waals surface area contributed by atoms with Crippen LogP contribution in [-0.2, 0) is 4.74 Å². The Balaban J connectivity index is 2.40. The van der Waals surface area contributed by atoms with E-state index in [4.69, 9.17) is 10.3 Å². The van der Waals surface area contributed by atoms with Crippen LogP contribution in [0.4, 0.5) is 0 Å². The van der Waals surface area contributed by atoms with Crippen LogP contribution in [0.1, 0.15) is 13.3 Å². The fourth-order valence-corrected chi connectivity index (χ4v) is 1.22. The molecule has 1 saturated heterocycles. The number of nitrogens with zero attached hydrogens (tertiary/aromatic N) is 3. The molecule has 62 valence electrons. The highest BCUT2D eigenvalue weighted by Gasteiger charge is 2.30. The Morgan fingerprint density at radius 1 is 1.82 bits per heavy atom. The van der Waals surface area contributed by atoms with Gasteiger partial charge in [0.15, 0.2) is 0 Å². The number of hydrogen-bond acceptors (Lipinski definition) is 3. The van der Waals surface area contributed by atoms with Gasteiger partial charge in [0, 0.05) is 11.3 Å². The van der Waals surface area contributed by atoms with E-state index in [0.29, 0.717) is 6.42 Å². The van der Waals surface area contributed by atoms with Gasteiger partial charge in [-0.05, 0) is 12.5 Å². The van der Waals surface area contributed by atoms with Crippen molar-refractivity contribution in [2.24, 2.45) is 5.11 Å².